The lowest BCUT2D eigenvalue weighted by molar-refractivity contribution is -0.123. The number of thiophene rings is 1. The molecule has 2 rings (SSSR count). The van der Waals surface area contributed by atoms with Gasteiger partial charge in [0.25, 0.3) is 5.91 Å². The van der Waals surface area contributed by atoms with Crippen molar-refractivity contribution in [2.24, 2.45) is 0 Å². The van der Waals surface area contributed by atoms with Gasteiger partial charge in [0.2, 0.25) is 5.91 Å². The minimum Gasteiger partial charge on any atom is -0.348 e. The SMILES string of the molecule is Cc1cc([C@@H](C)NC(=O)[C@H](C)NC(=O)c2ccccc2Cl)c(C)s1. The second kappa shape index (κ2) is 7.81. The smallest absolute Gasteiger partial charge is 0.253 e. The number of hydrogen-bond acceptors (Lipinski definition) is 3. The van der Waals surface area contributed by atoms with Gasteiger partial charge in [-0.1, -0.05) is 23.7 Å². The van der Waals surface area contributed by atoms with E-state index in [1.807, 2.05) is 20.8 Å². The maximum absolute atomic E-state index is 12.3. The topological polar surface area (TPSA) is 58.2 Å². The quantitative estimate of drug-likeness (QED) is 0.842. The lowest BCUT2D eigenvalue weighted by Gasteiger charge is -2.19. The van der Waals surface area contributed by atoms with Crippen molar-refractivity contribution in [1.29, 1.82) is 0 Å². The molecule has 4 nitrogen and oxygen atoms in total. The molecule has 2 amide bonds. The maximum Gasteiger partial charge on any atom is 0.253 e. The standard InChI is InChI=1S/C18H21ClN2O2S/c1-10-9-15(13(4)24-10)11(2)20-17(22)12(3)21-18(23)14-7-5-6-8-16(14)19/h5-9,11-12H,1-4H3,(H,20,22)(H,21,23)/t11-,12+/m1/s1. The first kappa shape index (κ1) is 18.5. The minimum absolute atomic E-state index is 0.109. The molecule has 1 aromatic carbocycles. The fraction of sp³-hybridized carbons (Fsp3) is 0.333. The summed E-state index contributed by atoms with van der Waals surface area (Å²) in [7, 11) is 0. The zero-order chi connectivity index (χ0) is 17.9. The van der Waals surface area contributed by atoms with Gasteiger partial charge >= 0.3 is 0 Å². The molecule has 128 valence electrons. The molecule has 0 aliphatic heterocycles. The normalized spacial score (nSPS) is 13.2. The number of rotatable bonds is 5. The van der Waals surface area contributed by atoms with Crippen LogP contribution in [-0.4, -0.2) is 17.9 Å². The highest BCUT2D eigenvalue weighted by Crippen LogP contribution is 2.26. The molecule has 0 spiro atoms. The largest absolute Gasteiger partial charge is 0.348 e. The second-order valence-corrected chi connectivity index (χ2v) is 7.64. The van der Waals surface area contributed by atoms with Crippen LogP contribution in [0.15, 0.2) is 30.3 Å². The summed E-state index contributed by atoms with van der Waals surface area (Å²) in [6.45, 7) is 7.68. The van der Waals surface area contributed by atoms with E-state index in [1.54, 1.807) is 42.5 Å². The van der Waals surface area contributed by atoms with Crippen molar-refractivity contribution in [1.82, 2.24) is 10.6 Å². The number of carbonyl (C=O) groups excluding carboxylic acids is 2. The predicted molar refractivity (Wildman–Crippen MR) is 98.7 cm³/mol. The molecule has 0 radical (unpaired) electrons. The van der Waals surface area contributed by atoms with Crippen LogP contribution in [0.1, 0.15) is 45.6 Å². The molecule has 1 heterocycles. The number of nitrogens with one attached hydrogen (secondary N) is 2. The average molecular weight is 365 g/mol. The molecule has 2 aromatic rings. The van der Waals surface area contributed by atoms with Crippen molar-refractivity contribution >= 4 is 34.8 Å². The van der Waals surface area contributed by atoms with Gasteiger partial charge in [-0.2, -0.15) is 0 Å². The number of amides is 2. The third-order valence-corrected chi connectivity index (χ3v) is 5.08. The van der Waals surface area contributed by atoms with E-state index >= 15 is 0 Å². The summed E-state index contributed by atoms with van der Waals surface area (Å²) in [6.07, 6.45) is 0. The number of halogens is 1. The Morgan fingerprint density at radius 2 is 1.79 bits per heavy atom. The van der Waals surface area contributed by atoms with E-state index in [1.165, 1.54) is 9.75 Å². The van der Waals surface area contributed by atoms with Crippen LogP contribution < -0.4 is 10.6 Å². The van der Waals surface area contributed by atoms with Crippen LogP contribution in [0.4, 0.5) is 0 Å². The highest BCUT2D eigenvalue weighted by molar-refractivity contribution is 7.12. The Morgan fingerprint density at radius 3 is 2.38 bits per heavy atom. The molecule has 1 aromatic heterocycles. The highest BCUT2D eigenvalue weighted by Gasteiger charge is 2.21. The van der Waals surface area contributed by atoms with Crippen LogP contribution in [0.3, 0.4) is 0 Å². The van der Waals surface area contributed by atoms with Crippen molar-refractivity contribution < 1.29 is 9.59 Å². The molecule has 0 aliphatic carbocycles. The Balaban J connectivity index is 1.98. The van der Waals surface area contributed by atoms with Crippen LogP contribution in [0, 0.1) is 13.8 Å². The third kappa shape index (κ3) is 4.36. The van der Waals surface area contributed by atoms with Crippen LogP contribution in [0.2, 0.25) is 5.02 Å². The van der Waals surface area contributed by atoms with Crippen LogP contribution in [0.5, 0.6) is 0 Å². The van der Waals surface area contributed by atoms with E-state index in [4.69, 9.17) is 11.6 Å². The first-order valence-corrected chi connectivity index (χ1v) is 8.91. The molecular formula is C18H21ClN2O2S. The summed E-state index contributed by atoms with van der Waals surface area (Å²) in [5.41, 5.74) is 1.46. The van der Waals surface area contributed by atoms with E-state index in [9.17, 15) is 9.59 Å². The molecule has 0 aliphatic rings. The van der Waals surface area contributed by atoms with Crippen LogP contribution >= 0.6 is 22.9 Å². The van der Waals surface area contributed by atoms with Gasteiger partial charge in [0.1, 0.15) is 6.04 Å². The van der Waals surface area contributed by atoms with Crippen molar-refractivity contribution in [2.45, 2.75) is 39.8 Å². The molecule has 0 fully saturated rings. The third-order valence-electron chi connectivity index (χ3n) is 3.76. The molecule has 0 bridgehead atoms. The highest BCUT2D eigenvalue weighted by atomic mass is 35.5. The first-order valence-electron chi connectivity index (χ1n) is 7.72. The van der Waals surface area contributed by atoms with Crippen molar-refractivity contribution in [2.75, 3.05) is 0 Å². The van der Waals surface area contributed by atoms with Gasteiger partial charge in [0, 0.05) is 9.75 Å². The Labute approximate surface area is 151 Å². The van der Waals surface area contributed by atoms with Gasteiger partial charge in [-0.15, -0.1) is 11.3 Å². The van der Waals surface area contributed by atoms with E-state index in [-0.39, 0.29) is 17.9 Å². The van der Waals surface area contributed by atoms with Crippen molar-refractivity contribution in [3.63, 3.8) is 0 Å². The Hall–Kier alpha value is -1.85. The molecule has 2 N–H and O–H groups in total. The summed E-state index contributed by atoms with van der Waals surface area (Å²) in [6, 6.07) is 8.07. The summed E-state index contributed by atoms with van der Waals surface area (Å²) in [4.78, 5) is 27.0. The van der Waals surface area contributed by atoms with E-state index in [0.29, 0.717) is 10.6 Å². The number of hydrogen-bond donors (Lipinski definition) is 2. The van der Waals surface area contributed by atoms with Gasteiger partial charge in [-0.3, -0.25) is 9.59 Å². The van der Waals surface area contributed by atoms with Crippen LogP contribution in [-0.2, 0) is 4.79 Å². The van der Waals surface area contributed by atoms with E-state index in [0.717, 1.165) is 5.56 Å². The Morgan fingerprint density at radius 1 is 1.12 bits per heavy atom. The number of aryl methyl sites for hydroxylation is 2. The minimum atomic E-state index is -0.656. The fourth-order valence-electron chi connectivity index (χ4n) is 2.48. The summed E-state index contributed by atoms with van der Waals surface area (Å²) in [5, 5.41) is 5.98. The molecule has 0 unspecified atom stereocenters. The zero-order valence-electron chi connectivity index (χ0n) is 14.1. The monoisotopic (exact) mass is 364 g/mol. The molecule has 0 saturated heterocycles. The van der Waals surface area contributed by atoms with E-state index < -0.39 is 6.04 Å². The van der Waals surface area contributed by atoms with Gasteiger partial charge in [0.15, 0.2) is 0 Å². The lowest BCUT2D eigenvalue weighted by atomic mass is 10.1. The molecular weight excluding hydrogens is 344 g/mol. The zero-order valence-corrected chi connectivity index (χ0v) is 15.7. The first-order chi connectivity index (χ1) is 11.3. The van der Waals surface area contributed by atoms with Gasteiger partial charge < -0.3 is 10.6 Å². The van der Waals surface area contributed by atoms with E-state index in [2.05, 4.69) is 16.7 Å². The number of carbonyl (C=O) groups is 2. The average Bonchev–Trinajstić information content (AvgIpc) is 2.86. The fourth-order valence-corrected chi connectivity index (χ4v) is 3.73. The number of benzene rings is 1. The predicted octanol–water partition coefficient (Wildman–Crippen LogP) is 4.01. The summed E-state index contributed by atoms with van der Waals surface area (Å²) < 4.78 is 0. The summed E-state index contributed by atoms with van der Waals surface area (Å²) in [5.74, 6) is -0.593. The van der Waals surface area contributed by atoms with Crippen molar-refractivity contribution in [3.05, 3.63) is 56.2 Å². The van der Waals surface area contributed by atoms with Gasteiger partial charge in [-0.05, 0) is 51.5 Å². The van der Waals surface area contributed by atoms with Crippen LogP contribution in [0.25, 0.3) is 0 Å². The molecule has 2 atom stereocenters. The molecule has 24 heavy (non-hydrogen) atoms. The Bertz CT molecular complexity index is 757. The Kier molecular flexibility index (Phi) is 6.02. The lowest BCUT2D eigenvalue weighted by Crippen LogP contribution is -2.45. The molecule has 0 saturated carbocycles. The van der Waals surface area contributed by atoms with Gasteiger partial charge in [0.05, 0.1) is 16.6 Å². The second-order valence-electron chi connectivity index (χ2n) is 5.77. The summed E-state index contributed by atoms with van der Waals surface area (Å²) >= 11 is 7.71. The van der Waals surface area contributed by atoms with Gasteiger partial charge in [-0.25, -0.2) is 0 Å². The van der Waals surface area contributed by atoms with Crippen molar-refractivity contribution in [3.8, 4) is 0 Å². The maximum atomic E-state index is 12.3. The molecule has 6 heteroatoms.